The highest BCUT2D eigenvalue weighted by Gasteiger charge is 2.42. The fraction of sp³-hybridized carbons (Fsp3) is 0.290. The van der Waals surface area contributed by atoms with Crippen molar-refractivity contribution in [3.63, 3.8) is 0 Å². The summed E-state index contributed by atoms with van der Waals surface area (Å²) < 4.78 is 2.13. The van der Waals surface area contributed by atoms with E-state index in [2.05, 4.69) is 56.7 Å². The Morgan fingerprint density at radius 2 is 1.69 bits per heavy atom. The Bertz CT molecular complexity index is 1460. The van der Waals surface area contributed by atoms with E-state index >= 15 is 0 Å². The minimum atomic E-state index is -0.187. The van der Waals surface area contributed by atoms with Gasteiger partial charge in [0, 0.05) is 42.6 Å². The molecule has 4 aromatic rings. The van der Waals surface area contributed by atoms with Crippen LogP contribution in [0.4, 0.5) is 11.4 Å². The second-order valence-electron chi connectivity index (χ2n) is 10.8. The maximum absolute atomic E-state index is 9.85. The molecule has 0 radical (unpaired) electrons. The number of nitrogens with one attached hydrogen (secondary N) is 1. The molecule has 39 heavy (non-hydrogen) atoms. The third-order valence-corrected chi connectivity index (χ3v) is 8.35. The lowest BCUT2D eigenvalue weighted by Gasteiger charge is -2.37. The fourth-order valence-electron chi connectivity index (χ4n) is 6.18. The predicted molar refractivity (Wildman–Crippen MR) is 162 cm³/mol. The van der Waals surface area contributed by atoms with Gasteiger partial charge < -0.3 is 24.8 Å². The van der Waals surface area contributed by atoms with Gasteiger partial charge in [-0.25, -0.2) is 0 Å². The maximum Gasteiger partial charge on any atom is 0.174 e. The average molecular weight is 558 g/mol. The third kappa shape index (κ3) is 4.97. The Balaban J connectivity index is 1.42. The molecule has 4 atom stereocenters. The van der Waals surface area contributed by atoms with Crippen LogP contribution in [0.25, 0.3) is 5.69 Å². The van der Waals surface area contributed by atoms with Gasteiger partial charge in [-0.15, -0.1) is 0 Å². The molecule has 0 aliphatic carbocycles. The summed E-state index contributed by atoms with van der Waals surface area (Å²) in [5.41, 5.74) is 4.91. The van der Waals surface area contributed by atoms with E-state index in [0.29, 0.717) is 16.9 Å². The van der Waals surface area contributed by atoms with Crippen LogP contribution in [0.2, 0.25) is 5.02 Å². The molecule has 0 saturated carbocycles. The summed E-state index contributed by atoms with van der Waals surface area (Å²) in [6.07, 6.45) is 5.09. The van der Waals surface area contributed by atoms with Crippen LogP contribution >= 0.6 is 23.8 Å². The number of halogens is 1. The monoisotopic (exact) mass is 557 g/mol. The number of phenols is 1. The number of thiocarbonyl (C=S) groups is 1. The summed E-state index contributed by atoms with van der Waals surface area (Å²) >= 11 is 12.9. The van der Waals surface area contributed by atoms with Crippen LogP contribution in [0.3, 0.4) is 0 Å². The zero-order valence-electron chi connectivity index (χ0n) is 22.0. The van der Waals surface area contributed by atoms with Crippen molar-refractivity contribution in [2.45, 2.75) is 32.4 Å². The average Bonchev–Trinajstić information content (AvgIpc) is 3.53. The molecular weight excluding hydrogens is 526 g/mol. The minimum Gasteiger partial charge on any atom is -0.508 e. The van der Waals surface area contributed by atoms with Crippen molar-refractivity contribution in [3.8, 4) is 11.4 Å². The first-order valence-electron chi connectivity index (χ1n) is 13.4. The van der Waals surface area contributed by atoms with Crippen LogP contribution in [-0.4, -0.2) is 32.9 Å². The van der Waals surface area contributed by atoms with E-state index in [1.54, 1.807) is 12.1 Å². The number of pyridine rings is 1. The normalized spacial score (nSPS) is 23.2. The quantitative estimate of drug-likeness (QED) is 0.261. The molecule has 2 saturated heterocycles. The standard InChI is InChI=1S/C31H32ClN5OS/c1-20-16-21(2)19-35(18-20)27-13-10-23(17-25(27)32)37-30(29(34-31(37)39)26-6-3-4-14-33-26)28-7-5-15-36(28)22-8-11-24(38)12-9-22/h3-15,17,20-21,29-30,38H,16,18-19H2,1-2H3,(H,34,39)/t20-,21-,29+,30+/m1/s1. The summed E-state index contributed by atoms with van der Waals surface area (Å²) in [5, 5.41) is 14.7. The first-order valence-corrected chi connectivity index (χ1v) is 14.2. The van der Waals surface area contributed by atoms with Gasteiger partial charge in [0.1, 0.15) is 11.8 Å². The molecule has 0 unspecified atom stereocenters. The Kier molecular flexibility index (Phi) is 6.95. The van der Waals surface area contributed by atoms with Crippen molar-refractivity contribution in [2.75, 3.05) is 22.9 Å². The summed E-state index contributed by atoms with van der Waals surface area (Å²) in [6, 6.07) is 23.2. The van der Waals surface area contributed by atoms with Crippen molar-refractivity contribution < 1.29 is 5.11 Å². The number of anilines is 2. The summed E-state index contributed by atoms with van der Waals surface area (Å²) in [7, 11) is 0. The van der Waals surface area contributed by atoms with Gasteiger partial charge in [0.2, 0.25) is 0 Å². The number of phenolic OH excluding ortho intramolecular Hbond substituents is 1. The first-order chi connectivity index (χ1) is 18.9. The molecule has 4 heterocycles. The fourth-order valence-corrected chi connectivity index (χ4v) is 6.82. The van der Waals surface area contributed by atoms with E-state index in [1.165, 1.54) is 6.42 Å². The Hall–Kier alpha value is -3.55. The highest BCUT2D eigenvalue weighted by molar-refractivity contribution is 7.80. The lowest BCUT2D eigenvalue weighted by atomic mass is 9.91. The topological polar surface area (TPSA) is 56.6 Å². The molecular formula is C31H32ClN5OS. The number of rotatable bonds is 5. The molecule has 2 aliphatic heterocycles. The first kappa shape index (κ1) is 25.7. The molecule has 2 N–H and O–H groups in total. The van der Waals surface area contributed by atoms with Crippen LogP contribution in [0.5, 0.6) is 5.75 Å². The van der Waals surface area contributed by atoms with Gasteiger partial charge >= 0.3 is 0 Å². The number of benzene rings is 2. The number of piperidine rings is 1. The van der Waals surface area contributed by atoms with Crippen molar-refractivity contribution in [1.82, 2.24) is 14.9 Å². The molecule has 2 fully saturated rings. The summed E-state index contributed by atoms with van der Waals surface area (Å²) in [5.74, 6) is 1.50. The third-order valence-electron chi connectivity index (χ3n) is 7.73. The van der Waals surface area contributed by atoms with Crippen LogP contribution in [0.1, 0.15) is 43.7 Å². The smallest absolute Gasteiger partial charge is 0.174 e. The molecule has 8 heteroatoms. The lowest BCUT2D eigenvalue weighted by molar-refractivity contribution is 0.357. The van der Waals surface area contributed by atoms with E-state index in [0.717, 1.165) is 46.6 Å². The van der Waals surface area contributed by atoms with Crippen molar-refractivity contribution in [3.05, 3.63) is 102 Å². The number of hydrogen-bond donors (Lipinski definition) is 2. The van der Waals surface area contributed by atoms with Crippen molar-refractivity contribution in [1.29, 1.82) is 0 Å². The van der Waals surface area contributed by atoms with E-state index in [9.17, 15) is 5.11 Å². The zero-order chi connectivity index (χ0) is 27.1. The van der Waals surface area contributed by atoms with Gasteiger partial charge in [-0.1, -0.05) is 31.5 Å². The van der Waals surface area contributed by atoms with Crippen molar-refractivity contribution in [2.24, 2.45) is 11.8 Å². The molecule has 2 aliphatic rings. The molecule has 0 bridgehead atoms. The molecule has 6 rings (SSSR count). The molecule has 0 spiro atoms. The maximum atomic E-state index is 9.85. The molecule has 6 nitrogen and oxygen atoms in total. The number of nitrogens with zero attached hydrogens (tertiary/aromatic N) is 4. The zero-order valence-corrected chi connectivity index (χ0v) is 23.6. The van der Waals surface area contributed by atoms with Crippen LogP contribution in [-0.2, 0) is 0 Å². The SMILES string of the molecule is C[C@@H]1C[C@@H](C)CN(c2ccc(N3C(=S)N[C@@H](c4ccccn4)[C@@H]3c3cccn3-c3ccc(O)cc3)cc2Cl)C1. The Morgan fingerprint density at radius 1 is 0.949 bits per heavy atom. The largest absolute Gasteiger partial charge is 0.508 e. The van der Waals surface area contributed by atoms with Gasteiger partial charge in [0.25, 0.3) is 0 Å². The minimum absolute atomic E-state index is 0.174. The van der Waals surface area contributed by atoms with E-state index in [-0.39, 0.29) is 17.8 Å². The molecule has 0 amide bonds. The predicted octanol–water partition coefficient (Wildman–Crippen LogP) is 6.89. The van der Waals surface area contributed by atoms with Gasteiger partial charge in [0.05, 0.1) is 22.4 Å². The van der Waals surface area contributed by atoms with Crippen LogP contribution in [0, 0.1) is 11.8 Å². The molecule has 2 aromatic heterocycles. The van der Waals surface area contributed by atoms with Gasteiger partial charge in [-0.05, 0) is 97.2 Å². The summed E-state index contributed by atoms with van der Waals surface area (Å²) in [4.78, 5) is 9.24. The van der Waals surface area contributed by atoms with E-state index in [4.69, 9.17) is 23.8 Å². The second kappa shape index (κ2) is 10.5. The van der Waals surface area contributed by atoms with Crippen LogP contribution in [0.15, 0.2) is 85.2 Å². The van der Waals surface area contributed by atoms with Gasteiger partial charge in [-0.2, -0.15) is 0 Å². The Labute approximate surface area is 239 Å². The van der Waals surface area contributed by atoms with E-state index in [1.807, 2.05) is 54.9 Å². The van der Waals surface area contributed by atoms with Crippen molar-refractivity contribution >= 4 is 40.3 Å². The lowest BCUT2D eigenvalue weighted by Crippen LogP contribution is -2.38. The molecule has 2 aromatic carbocycles. The van der Waals surface area contributed by atoms with Gasteiger partial charge in [0.15, 0.2) is 5.11 Å². The Morgan fingerprint density at radius 3 is 2.38 bits per heavy atom. The highest BCUT2D eigenvalue weighted by atomic mass is 35.5. The van der Waals surface area contributed by atoms with Gasteiger partial charge in [-0.3, -0.25) is 4.98 Å². The number of aromatic hydroxyl groups is 1. The second-order valence-corrected chi connectivity index (χ2v) is 11.6. The molecule has 200 valence electrons. The van der Waals surface area contributed by atoms with E-state index < -0.39 is 0 Å². The number of aromatic nitrogens is 2. The highest BCUT2D eigenvalue weighted by Crippen LogP contribution is 2.44. The summed E-state index contributed by atoms with van der Waals surface area (Å²) in [6.45, 7) is 6.64. The van der Waals surface area contributed by atoms with Crippen LogP contribution < -0.4 is 15.1 Å². The number of hydrogen-bond acceptors (Lipinski definition) is 4.